The zero-order valence-corrected chi connectivity index (χ0v) is 10.3. The molecule has 17 heavy (non-hydrogen) atoms. The third-order valence-electron chi connectivity index (χ3n) is 3.60. The van der Waals surface area contributed by atoms with Crippen LogP contribution < -0.4 is 4.74 Å². The molecule has 4 nitrogen and oxygen atoms in total. The van der Waals surface area contributed by atoms with Crippen molar-refractivity contribution in [2.45, 2.75) is 39.2 Å². The highest BCUT2D eigenvalue weighted by atomic mass is 16.5. The molecule has 2 rings (SSSR count). The lowest BCUT2D eigenvalue weighted by atomic mass is 9.80. The lowest BCUT2D eigenvalue weighted by Gasteiger charge is -2.31. The van der Waals surface area contributed by atoms with Gasteiger partial charge >= 0.3 is 0 Å². The lowest BCUT2D eigenvalue weighted by Crippen LogP contribution is -2.29. The zero-order valence-electron chi connectivity index (χ0n) is 10.3. The second kappa shape index (κ2) is 5.13. The molecule has 1 aromatic heterocycles. The van der Waals surface area contributed by atoms with Crippen molar-refractivity contribution >= 4 is 0 Å². The number of ether oxygens (including phenoxy) is 1. The van der Waals surface area contributed by atoms with Crippen LogP contribution >= 0.6 is 0 Å². The lowest BCUT2D eigenvalue weighted by molar-refractivity contribution is 0.0957. The van der Waals surface area contributed by atoms with Gasteiger partial charge in [-0.05, 0) is 31.1 Å². The van der Waals surface area contributed by atoms with Gasteiger partial charge in [0, 0.05) is 12.4 Å². The Labute approximate surface area is 102 Å². The summed E-state index contributed by atoms with van der Waals surface area (Å²) in [6, 6.07) is 2.01. The van der Waals surface area contributed by atoms with Crippen LogP contribution in [0, 0.1) is 23.2 Å². The molecule has 1 aliphatic rings. The standard InChI is InChI=1S/C13H17N3O/c1-9-3-4-11(7-10(9)2)17-13-12(8-14)15-5-6-16-13/h5-6,9-11H,3-4,7H2,1-2H3. The van der Waals surface area contributed by atoms with E-state index in [2.05, 4.69) is 23.8 Å². The molecular formula is C13H17N3O. The van der Waals surface area contributed by atoms with Crippen LogP contribution in [0.5, 0.6) is 5.88 Å². The Bertz CT molecular complexity index is 427. The predicted octanol–water partition coefficient (Wildman–Crippen LogP) is 2.55. The Morgan fingerprint density at radius 2 is 2.00 bits per heavy atom. The second-order valence-electron chi connectivity index (χ2n) is 4.83. The molecule has 4 heteroatoms. The third kappa shape index (κ3) is 2.73. The molecule has 1 fully saturated rings. The summed E-state index contributed by atoms with van der Waals surface area (Å²) in [5.74, 6) is 1.80. The molecule has 0 aromatic carbocycles. The van der Waals surface area contributed by atoms with Crippen molar-refractivity contribution in [2.24, 2.45) is 11.8 Å². The fourth-order valence-corrected chi connectivity index (χ4v) is 2.25. The number of rotatable bonds is 2. The zero-order chi connectivity index (χ0) is 12.3. The molecule has 0 spiro atoms. The minimum atomic E-state index is 0.171. The topological polar surface area (TPSA) is 58.8 Å². The monoisotopic (exact) mass is 231 g/mol. The molecule has 3 atom stereocenters. The molecule has 1 heterocycles. The summed E-state index contributed by atoms with van der Waals surface area (Å²) in [6.07, 6.45) is 6.48. The molecular weight excluding hydrogens is 214 g/mol. The molecule has 0 radical (unpaired) electrons. The minimum absolute atomic E-state index is 0.171. The molecule has 1 saturated carbocycles. The maximum atomic E-state index is 8.91. The van der Waals surface area contributed by atoms with Gasteiger partial charge in [0.2, 0.25) is 5.69 Å². The Balaban J connectivity index is 2.04. The van der Waals surface area contributed by atoms with Crippen LogP contribution in [0.25, 0.3) is 0 Å². The molecule has 0 N–H and O–H groups in total. The average molecular weight is 231 g/mol. The van der Waals surface area contributed by atoms with Gasteiger partial charge in [0.05, 0.1) is 0 Å². The van der Waals surface area contributed by atoms with Crippen LogP contribution in [0.2, 0.25) is 0 Å². The van der Waals surface area contributed by atoms with E-state index in [0.717, 1.165) is 18.8 Å². The maximum Gasteiger partial charge on any atom is 0.251 e. The van der Waals surface area contributed by atoms with Crippen molar-refractivity contribution in [1.29, 1.82) is 5.26 Å². The number of nitriles is 1. The number of hydrogen-bond acceptors (Lipinski definition) is 4. The van der Waals surface area contributed by atoms with Crippen LogP contribution in [0.1, 0.15) is 38.8 Å². The van der Waals surface area contributed by atoms with Gasteiger partial charge in [-0.2, -0.15) is 5.26 Å². The Kier molecular flexibility index (Phi) is 3.58. The van der Waals surface area contributed by atoms with E-state index in [1.165, 1.54) is 12.6 Å². The first-order valence-electron chi connectivity index (χ1n) is 6.08. The first-order valence-corrected chi connectivity index (χ1v) is 6.08. The molecule has 90 valence electrons. The van der Waals surface area contributed by atoms with E-state index in [0.29, 0.717) is 11.8 Å². The van der Waals surface area contributed by atoms with Crippen LogP contribution in [-0.2, 0) is 0 Å². The molecule has 0 aliphatic heterocycles. The van der Waals surface area contributed by atoms with Gasteiger partial charge in [-0.1, -0.05) is 13.8 Å². The summed E-state index contributed by atoms with van der Waals surface area (Å²) in [4.78, 5) is 8.03. The van der Waals surface area contributed by atoms with Crippen LogP contribution in [0.4, 0.5) is 0 Å². The highest BCUT2D eigenvalue weighted by Crippen LogP contribution is 2.31. The van der Waals surface area contributed by atoms with Crippen molar-refractivity contribution in [1.82, 2.24) is 9.97 Å². The summed E-state index contributed by atoms with van der Waals surface area (Å²) >= 11 is 0. The summed E-state index contributed by atoms with van der Waals surface area (Å²) in [5.41, 5.74) is 0.277. The van der Waals surface area contributed by atoms with Crippen molar-refractivity contribution in [3.63, 3.8) is 0 Å². The quantitative estimate of drug-likeness (QED) is 0.784. The molecule has 0 saturated heterocycles. The van der Waals surface area contributed by atoms with Crippen molar-refractivity contribution in [3.05, 3.63) is 18.1 Å². The number of nitrogens with zero attached hydrogens (tertiary/aromatic N) is 3. The number of hydrogen-bond donors (Lipinski definition) is 0. The smallest absolute Gasteiger partial charge is 0.251 e. The van der Waals surface area contributed by atoms with Gasteiger partial charge in [0.1, 0.15) is 12.2 Å². The van der Waals surface area contributed by atoms with Gasteiger partial charge in [-0.25, -0.2) is 9.97 Å². The molecule has 1 aromatic rings. The van der Waals surface area contributed by atoms with Gasteiger partial charge in [-0.15, -0.1) is 0 Å². The van der Waals surface area contributed by atoms with Gasteiger partial charge in [0.15, 0.2) is 0 Å². The molecule has 1 aliphatic carbocycles. The van der Waals surface area contributed by atoms with E-state index >= 15 is 0 Å². The summed E-state index contributed by atoms with van der Waals surface area (Å²) in [7, 11) is 0. The van der Waals surface area contributed by atoms with E-state index in [-0.39, 0.29) is 11.8 Å². The van der Waals surface area contributed by atoms with E-state index in [9.17, 15) is 0 Å². The summed E-state index contributed by atoms with van der Waals surface area (Å²) in [6.45, 7) is 4.53. The molecule has 3 unspecified atom stereocenters. The van der Waals surface area contributed by atoms with Gasteiger partial charge in [-0.3, -0.25) is 0 Å². The highest BCUT2D eigenvalue weighted by Gasteiger charge is 2.26. The third-order valence-corrected chi connectivity index (χ3v) is 3.60. The van der Waals surface area contributed by atoms with E-state index < -0.39 is 0 Å². The Hall–Kier alpha value is -1.63. The average Bonchev–Trinajstić information content (AvgIpc) is 2.34. The highest BCUT2D eigenvalue weighted by molar-refractivity contribution is 5.30. The van der Waals surface area contributed by atoms with Crippen molar-refractivity contribution < 1.29 is 4.74 Å². The molecule has 0 amide bonds. The second-order valence-corrected chi connectivity index (χ2v) is 4.83. The fraction of sp³-hybridized carbons (Fsp3) is 0.615. The molecule has 0 bridgehead atoms. The largest absolute Gasteiger partial charge is 0.472 e. The maximum absolute atomic E-state index is 8.91. The predicted molar refractivity (Wildman–Crippen MR) is 63.3 cm³/mol. The Morgan fingerprint density at radius 3 is 2.71 bits per heavy atom. The first kappa shape index (κ1) is 11.8. The van der Waals surface area contributed by atoms with Crippen LogP contribution in [0.15, 0.2) is 12.4 Å². The van der Waals surface area contributed by atoms with Gasteiger partial charge in [0.25, 0.3) is 5.88 Å². The van der Waals surface area contributed by atoms with Gasteiger partial charge < -0.3 is 4.74 Å². The Morgan fingerprint density at radius 1 is 1.24 bits per heavy atom. The van der Waals surface area contributed by atoms with Crippen LogP contribution in [-0.4, -0.2) is 16.1 Å². The summed E-state index contributed by atoms with van der Waals surface area (Å²) < 4.78 is 5.80. The number of aromatic nitrogens is 2. The van der Waals surface area contributed by atoms with Crippen LogP contribution in [0.3, 0.4) is 0 Å². The fourth-order valence-electron chi connectivity index (χ4n) is 2.25. The SMILES string of the molecule is CC1CCC(Oc2nccnc2C#N)CC1C. The summed E-state index contributed by atoms with van der Waals surface area (Å²) in [5, 5.41) is 8.91. The minimum Gasteiger partial charge on any atom is -0.472 e. The first-order chi connectivity index (χ1) is 8.20. The normalized spacial score (nSPS) is 28.4. The van der Waals surface area contributed by atoms with Crippen molar-refractivity contribution in [3.8, 4) is 11.9 Å². The van der Waals surface area contributed by atoms with Crippen molar-refractivity contribution in [2.75, 3.05) is 0 Å². The van der Waals surface area contributed by atoms with E-state index in [1.54, 1.807) is 6.20 Å². The van der Waals surface area contributed by atoms with E-state index in [4.69, 9.17) is 10.00 Å². The van der Waals surface area contributed by atoms with E-state index in [1.807, 2.05) is 6.07 Å².